The van der Waals surface area contributed by atoms with Gasteiger partial charge in [-0.2, -0.15) is 5.26 Å². The number of rotatable bonds is 4. The summed E-state index contributed by atoms with van der Waals surface area (Å²) in [6.45, 7) is 7.24. The highest BCUT2D eigenvalue weighted by Gasteiger charge is 2.33. The van der Waals surface area contributed by atoms with Crippen molar-refractivity contribution in [3.63, 3.8) is 0 Å². The molecular formula is C21H27N3O3. The average Bonchev–Trinajstić information content (AvgIpc) is 3.05. The van der Waals surface area contributed by atoms with Crippen LogP contribution in [-0.4, -0.2) is 30.7 Å². The number of aryl methyl sites for hydroxylation is 1. The summed E-state index contributed by atoms with van der Waals surface area (Å²) in [5.74, 6) is -0.295. The third kappa shape index (κ3) is 5.33. The number of alkyl carbamates (subject to hydrolysis) is 1. The Morgan fingerprint density at radius 3 is 2.59 bits per heavy atom. The van der Waals surface area contributed by atoms with E-state index in [2.05, 4.69) is 11.4 Å². The standard InChI is InChI=1S/C21H27N3O3/c1-14-8-6-10-16(12-14)24(5)19(25)18(17-11-7-9-15(17)13-22)23-20(26)27-21(2,3)4/h6,8,10,12,18H,7,9,11H2,1-5H3,(H,23,26). The van der Waals surface area contributed by atoms with Gasteiger partial charge < -0.3 is 15.0 Å². The summed E-state index contributed by atoms with van der Waals surface area (Å²) in [5.41, 5.74) is 2.33. The second-order valence-electron chi connectivity index (χ2n) is 7.78. The number of hydrogen-bond donors (Lipinski definition) is 1. The molecule has 0 fully saturated rings. The molecule has 1 N–H and O–H groups in total. The molecule has 0 spiro atoms. The lowest BCUT2D eigenvalue weighted by Crippen LogP contribution is -2.50. The monoisotopic (exact) mass is 369 g/mol. The average molecular weight is 369 g/mol. The van der Waals surface area contributed by atoms with Crippen molar-refractivity contribution in [2.45, 2.75) is 58.6 Å². The fourth-order valence-electron chi connectivity index (χ4n) is 3.09. The van der Waals surface area contributed by atoms with Gasteiger partial charge in [0.2, 0.25) is 0 Å². The Labute approximate surface area is 160 Å². The molecule has 2 rings (SSSR count). The Bertz CT molecular complexity index is 800. The summed E-state index contributed by atoms with van der Waals surface area (Å²) in [4.78, 5) is 27.1. The summed E-state index contributed by atoms with van der Waals surface area (Å²) in [6.07, 6.45) is 1.36. The van der Waals surface area contributed by atoms with E-state index in [0.29, 0.717) is 24.0 Å². The minimum Gasteiger partial charge on any atom is -0.444 e. The highest BCUT2D eigenvalue weighted by Crippen LogP contribution is 2.29. The molecular weight excluding hydrogens is 342 g/mol. The number of allylic oxidation sites excluding steroid dienone is 1. The first-order chi connectivity index (χ1) is 12.6. The lowest BCUT2D eigenvalue weighted by atomic mass is 10.0. The Hall–Kier alpha value is -2.81. The molecule has 2 amide bonds. The van der Waals surface area contributed by atoms with Crippen LogP contribution in [0.4, 0.5) is 10.5 Å². The molecule has 1 atom stereocenters. The smallest absolute Gasteiger partial charge is 0.408 e. The van der Waals surface area contributed by atoms with Crippen LogP contribution < -0.4 is 10.2 Å². The minimum atomic E-state index is -0.914. The third-order valence-corrected chi connectivity index (χ3v) is 4.37. The summed E-state index contributed by atoms with van der Waals surface area (Å²) in [5, 5.41) is 12.1. The second-order valence-corrected chi connectivity index (χ2v) is 7.78. The zero-order valence-corrected chi connectivity index (χ0v) is 16.6. The van der Waals surface area contributed by atoms with Crippen molar-refractivity contribution in [3.05, 3.63) is 41.0 Å². The van der Waals surface area contributed by atoms with Crippen LogP contribution in [0.1, 0.15) is 45.6 Å². The van der Waals surface area contributed by atoms with Crippen molar-refractivity contribution >= 4 is 17.7 Å². The fourth-order valence-corrected chi connectivity index (χ4v) is 3.09. The van der Waals surface area contributed by atoms with Crippen LogP contribution in [0.3, 0.4) is 0 Å². The number of nitrogens with zero attached hydrogens (tertiary/aromatic N) is 2. The van der Waals surface area contributed by atoms with Crippen LogP contribution in [-0.2, 0) is 9.53 Å². The van der Waals surface area contributed by atoms with Crippen LogP contribution in [0.2, 0.25) is 0 Å². The van der Waals surface area contributed by atoms with Gasteiger partial charge in [-0.1, -0.05) is 12.1 Å². The van der Waals surface area contributed by atoms with E-state index in [1.165, 1.54) is 4.90 Å². The molecule has 6 nitrogen and oxygen atoms in total. The maximum Gasteiger partial charge on any atom is 0.408 e. The number of anilines is 1. The third-order valence-electron chi connectivity index (χ3n) is 4.37. The number of likely N-dealkylation sites (N-methyl/N-ethyl adjacent to an activating group) is 1. The molecule has 6 heteroatoms. The first-order valence-corrected chi connectivity index (χ1v) is 9.08. The Balaban J connectivity index is 2.33. The molecule has 0 saturated heterocycles. The normalized spacial score (nSPS) is 15.1. The topological polar surface area (TPSA) is 82.4 Å². The predicted molar refractivity (Wildman–Crippen MR) is 104 cm³/mol. The van der Waals surface area contributed by atoms with E-state index in [9.17, 15) is 14.9 Å². The van der Waals surface area contributed by atoms with E-state index in [-0.39, 0.29) is 5.91 Å². The number of nitriles is 1. The molecule has 0 bridgehead atoms. The number of carbonyl (C=O) groups is 2. The molecule has 0 aliphatic heterocycles. The van der Waals surface area contributed by atoms with Crippen molar-refractivity contribution in [3.8, 4) is 6.07 Å². The zero-order valence-electron chi connectivity index (χ0n) is 16.6. The van der Waals surface area contributed by atoms with Gasteiger partial charge in [0.25, 0.3) is 5.91 Å². The molecule has 144 valence electrons. The first-order valence-electron chi connectivity index (χ1n) is 9.08. The number of carbonyl (C=O) groups excluding carboxylic acids is 2. The van der Waals surface area contributed by atoms with Gasteiger partial charge >= 0.3 is 6.09 Å². The number of ether oxygens (including phenoxy) is 1. The number of hydrogen-bond acceptors (Lipinski definition) is 4. The highest BCUT2D eigenvalue weighted by molar-refractivity contribution is 6.00. The zero-order chi connectivity index (χ0) is 20.2. The molecule has 0 radical (unpaired) electrons. The largest absolute Gasteiger partial charge is 0.444 e. The SMILES string of the molecule is Cc1cccc(N(C)C(=O)C(NC(=O)OC(C)(C)C)C2=C(C#N)CCC2)c1. The number of benzene rings is 1. The van der Waals surface area contributed by atoms with E-state index in [4.69, 9.17) is 4.74 Å². The minimum absolute atomic E-state index is 0.295. The lowest BCUT2D eigenvalue weighted by Gasteiger charge is -2.27. The van der Waals surface area contributed by atoms with E-state index in [1.54, 1.807) is 27.8 Å². The van der Waals surface area contributed by atoms with Crippen molar-refractivity contribution in [2.75, 3.05) is 11.9 Å². The predicted octanol–water partition coefficient (Wildman–Crippen LogP) is 3.86. The van der Waals surface area contributed by atoms with E-state index in [0.717, 1.165) is 17.7 Å². The van der Waals surface area contributed by atoms with Crippen molar-refractivity contribution in [1.29, 1.82) is 5.26 Å². The van der Waals surface area contributed by atoms with Crippen LogP contribution >= 0.6 is 0 Å². The molecule has 1 aromatic carbocycles. The molecule has 0 saturated carbocycles. The van der Waals surface area contributed by atoms with E-state index >= 15 is 0 Å². The van der Waals surface area contributed by atoms with Crippen LogP contribution in [0.25, 0.3) is 0 Å². The van der Waals surface area contributed by atoms with Gasteiger partial charge in [0.1, 0.15) is 11.6 Å². The molecule has 0 heterocycles. The van der Waals surface area contributed by atoms with Gasteiger partial charge in [0.15, 0.2) is 0 Å². The van der Waals surface area contributed by atoms with E-state index < -0.39 is 17.7 Å². The molecule has 0 aromatic heterocycles. The lowest BCUT2D eigenvalue weighted by molar-refractivity contribution is -0.119. The maximum atomic E-state index is 13.2. The fraction of sp³-hybridized carbons (Fsp3) is 0.476. The van der Waals surface area contributed by atoms with E-state index in [1.807, 2.05) is 31.2 Å². The van der Waals surface area contributed by atoms with Crippen LogP contribution in [0.5, 0.6) is 0 Å². The Morgan fingerprint density at radius 2 is 2.00 bits per heavy atom. The van der Waals surface area contributed by atoms with Gasteiger partial charge in [-0.05, 0) is 70.2 Å². The maximum absolute atomic E-state index is 13.2. The second kappa shape index (κ2) is 8.26. The quantitative estimate of drug-likeness (QED) is 0.874. The van der Waals surface area contributed by atoms with Crippen molar-refractivity contribution in [1.82, 2.24) is 5.32 Å². The van der Waals surface area contributed by atoms with Crippen molar-refractivity contribution in [2.24, 2.45) is 0 Å². The summed E-state index contributed by atoms with van der Waals surface area (Å²) < 4.78 is 5.33. The van der Waals surface area contributed by atoms with Gasteiger partial charge in [-0.25, -0.2) is 4.79 Å². The number of nitrogens with one attached hydrogen (secondary N) is 1. The molecule has 1 aliphatic rings. The summed E-state index contributed by atoms with van der Waals surface area (Å²) in [7, 11) is 1.67. The molecule has 1 unspecified atom stereocenters. The Morgan fingerprint density at radius 1 is 1.30 bits per heavy atom. The Kier molecular flexibility index (Phi) is 6.27. The van der Waals surface area contributed by atoms with Crippen LogP contribution in [0.15, 0.2) is 35.4 Å². The van der Waals surface area contributed by atoms with Gasteiger partial charge in [0, 0.05) is 18.3 Å². The molecule has 1 aliphatic carbocycles. The van der Waals surface area contributed by atoms with Crippen LogP contribution in [0, 0.1) is 18.3 Å². The van der Waals surface area contributed by atoms with Gasteiger partial charge in [0.05, 0.1) is 6.07 Å². The highest BCUT2D eigenvalue weighted by atomic mass is 16.6. The summed E-state index contributed by atoms with van der Waals surface area (Å²) >= 11 is 0. The number of amides is 2. The van der Waals surface area contributed by atoms with Crippen molar-refractivity contribution < 1.29 is 14.3 Å². The first kappa shape index (κ1) is 20.5. The molecule has 27 heavy (non-hydrogen) atoms. The summed E-state index contributed by atoms with van der Waals surface area (Å²) in [6, 6.07) is 8.82. The van der Waals surface area contributed by atoms with Gasteiger partial charge in [-0.3, -0.25) is 4.79 Å². The van der Waals surface area contributed by atoms with Gasteiger partial charge in [-0.15, -0.1) is 0 Å². The molecule has 1 aromatic rings.